The van der Waals surface area contributed by atoms with Crippen molar-refractivity contribution in [1.29, 1.82) is 0 Å². The Kier molecular flexibility index (Phi) is 6.87. The van der Waals surface area contributed by atoms with Gasteiger partial charge in [0.15, 0.2) is 6.10 Å². The van der Waals surface area contributed by atoms with E-state index in [0.29, 0.717) is 23.9 Å². The van der Waals surface area contributed by atoms with Gasteiger partial charge in [-0.25, -0.2) is 8.42 Å². The quantitative estimate of drug-likeness (QED) is 0.784. The molecule has 6 nitrogen and oxygen atoms in total. The number of amides is 1. The number of rotatable bonds is 8. The summed E-state index contributed by atoms with van der Waals surface area (Å²) in [6.07, 6.45) is 1.45. The van der Waals surface area contributed by atoms with E-state index < -0.39 is 16.1 Å². The summed E-state index contributed by atoms with van der Waals surface area (Å²) in [4.78, 5) is 11.9. The average Bonchev–Trinajstić information content (AvgIpc) is 2.45. The first-order valence-electron chi connectivity index (χ1n) is 7.59. The molecule has 7 heteroatoms. The largest absolute Gasteiger partial charge is 0.481 e. The van der Waals surface area contributed by atoms with Gasteiger partial charge in [0, 0.05) is 13.6 Å². The highest BCUT2D eigenvalue weighted by molar-refractivity contribution is 7.92. The van der Waals surface area contributed by atoms with Crippen molar-refractivity contribution < 1.29 is 17.9 Å². The SMILES string of the molecule is CC(C)CCNC(=O)C(C)Oc1ccc(N(C)S(C)(=O)=O)cc1. The van der Waals surface area contributed by atoms with Crippen molar-refractivity contribution >= 4 is 21.6 Å². The zero-order chi connectivity index (χ0) is 17.6. The Hall–Kier alpha value is -1.76. The van der Waals surface area contributed by atoms with Crippen LogP contribution in [0.2, 0.25) is 0 Å². The summed E-state index contributed by atoms with van der Waals surface area (Å²) in [6, 6.07) is 6.57. The van der Waals surface area contributed by atoms with E-state index >= 15 is 0 Å². The Morgan fingerprint density at radius 2 is 1.78 bits per heavy atom. The highest BCUT2D eigenvalue weighted by Crippen LogP contribution is 2.21. The Morgan fingerprint density at radius 1 is 1.22 bits per heavy atom. The maximum atomic E-state index is 11.9. The molecule has 0 spiro atoms. The van der Waals surface area contributed by atoms with E-state index in [0.717, 1.165) is 12.7 Å². The van der Waals surface area contributed by atoms with Crippen LogP contribution in [0.1, 0.15) is 27.2 Å². The summed E-state index contributed by atoms with van der Waals surface area (Å²) < 4.78 is 29.7. The molecule has 0 saturated heterocycles. The van der Waals surface area contributed by atoms with Gasteiger partial charge in [0.1, 0.15) is 5.75 Å². The summed E-state index contributed by atoms with van der Waals surface area (Å²) in [5, 5.41) is 2.83. The van der Waals surface area contributed by atoms with Crippen LogP contribution in [0.5, 0.6) is 5.75 Å². The van der Waals surface area contributed by atoms with Gasteiger partial charge >= 0.3 is 0 Å². The Morgan fingerprint density at radius 3 is 2.26 bits per heavy atom. The second-order valence-corrected chi connectivity index (χ2v) is 7.97. The number of nitrogens with one attached hydrogen (secondary N) is 1. The fraction of sp³-hybridized carbons (Fsp3) is 0.562. The molecular weight excluding hydrogens is 316 g/mol. The third-order valence-corrected chi connectivity index (χ3v) is 4.61. The summed E-state index contributed by atoms with van der Waals surface area (Å²) in [6.45, 7) is 6.51. The molecule has 1 unspecified atom stereocenters. The van der Waals surface area contributed by atoms with Crippen molar-refractivity contribution in [3.63, 3.8) is 0 Å². The van der Waals surface area contributed by atoms with Crippen molar-refractivity contribution in [3.8, 4) is 5.75 Å². The van der Waals surface area contributed by atoms with E-state index in [9.17, 15) is 13.2 Å². The molecule has 0 heterocycles. The molecule has 0 fully saturated rings. The van der Waals surface area contributed by atoms with Gasteiger partial charge in [-0.15, -0.1) is 0 Å². The predicted octanol–water partition coefficient (Wildman–Crippen LogP) is 2.01. The van der Waals surface area contributed by atoms with E-state index in [1.807, 2.05) is 0 Å². The van der Waals surface area contributed by atoms with Crippen LogP contribution in [-0.4, -0.2) is 40.3 Å². The van der Waals surface area contributed by atoms with Crippen molar-refractivity contribution in [2.24, 2.45) is 5.92 Å². The molecule has 0 radical (unpaired) electrons. The van der Waals surface area contributed by atoms with Gasteiger partial charge in [0.2, 0.25) is 10.0 Å². The fourth-order valence-corrected chi connectivity index (χ4v) is 2.32. The second-order valence-electron chi connectivity index (χ2n) is 5.96. The zero-order valence-electron chi connectivity index (χ0n) is 14.4. The number of hydrogen-bond donors (Lipinski definition) is 1. The molecular formula is C16H26N2O4S. The van der Waals surface area contributed by atoms with E-state index in [-0.39, 0.29) is 5.91 Å². The van der Waals surface area contributed by atoms with Crippen molar-refractivity contribution in [2.45, 2.75) is 33.3 Å². The van der Waals surface area contributed by atoms with E-state index in [2.05, 4.69) is 19.2 Å². The molecule has 130 valence electrons. The number of ether oxygens (including phenoxy) is 1. The van der Waals surface area contributed by atoms with E-state index in [1.54, 1.807) is 31.2 Å². The average molecular weight is 342 g/mol. The molecule has 0 saturated carbocycles. The Bertz CT molecular complexity index is 611. The van der Waals surface area contributed by atoms with Crippen LogP contribution in [-0.2, 0) is 14.8 Å². The molecule has 23 heavy (non-hydrogen) atoms. The first kappa shape index (κ1) is 19.3. The van der Waals surface area contributed by atoms with Crippen molar-refractivity contribution in [3.05, 3.63) is 24.3 Å². The number of sulfonamides is 1. The van der Waals surface area contributed by atoms with Crippen LogP contribution in [0.25, 0.3) is 0 Å². The monoisotopic (exact) mass is 342 g/mol. The first-order valence-corrected chi connectivity index (χ1v) is 9.44. The highest BCUT2D eigenvalue weighted by atomic mass is 32.2. The lowest BCUT2D eigenvalue weighted by Gasteiger charge is -2.18. The molecule has 0 aliphatic rings. The zero-order valence-corrected chi connectivity index (χ0v) is 15.2. The van der Waals surface area contributed by atoms with Crippen molar-refractivity contribution in [2.75, 3.05) is 24.2 Å². The molecule has 0 aromatic heterocycles. The molecule has 0 aliphatic carbocycles. The van der Waals surface area contributed by atoms with Gasteiger partial charge in [-0.2, -0.15) is 0 Å². The second kappa shape index (κ2) is 8.19. The Labute approximate surface area is 138 Å². The molecule has 1 aromatic rings. The number of carbonyl (C=O) groups is 1. The van der Waals surface area contributed by atoms with Gasteiger partial charge in [-0.05, 0) is 43.5 Å². The summed E-state index contributed by atoms with van der Waals surface area (Å²) in [5.41, 5.74) is 0.536. The third-order valence-electron chi connectivity index (χ3n) is 3.40. The highest BCUT2D eigenvalue weighted by Gasteiger charge is 2.15. The van der Waals surface area contributed by atoms with E-state index in [1.165, 1.54) is 11.4 Å². The predicted molar refractivity (Wildman–Crippen MR) is 92.2 cm³/mol. The Balaban J connectivity index is 2.59. The molecule has 1 rings (SSSR count). The minimum absolute atomic E-state index is 0.164. The maximum Gasteiger partial charge on any atom is 0.260 e. The summed E-state index contributed by atoms with van der Waals surface area (Å²) in [5.74, 6) is 0.885. The van der Waals surface area contributed by atoms with Crippen LogP contribution in [0.4, 0.5) is 5.69 Å². The fourth-order valence-electron chi connectivity index (χ4n) is 1.81. The lowest BCUT2D eigenvalue weighted by molar-refractivity contribution is -0.127. The molecule has 1 amide bonds. The molecule has 1 atom stereocenters. The minimum atomic E-state index is -3.29. The smallest absolute Gasteiger partial charge is 0.260 e. The minimum Gasteiger partial charge on any atom is -0.481 e. The number of anilines is 1. The summed E-state index contributed by atoms with van der Waals surface area (Å²) >= 11 is 0. The third kappa shape index (κ3) is 6.48. The van der Waals surface area contributed by atoms with Crippen LogP contribution >= 0.6 is 0 Å². The molecule has 0 bridgehead atoms. The van der Waals surface area contributed by atoms with Crippen LogP contribution in [0.15, 0.2) is 24.3 Å². The molecule has 1 N–H and O–H groups in total. The lowest BCUT2D eigenvalue weighted by Crippen LogP contribution is -2.37. The topological polar surface area (TPSA) is 75.7 Å². The number of hydrogen-bond acceptors (Lipinski definition) is 4. The van der Waals surface area contributed by atoms with Gasteiger partial charge in [0.05, 0.1) is 11.9 Å². The van der Waals surface area contributed by atoms with Crippen LogP contribution in [0.3, 0.4) is 0 Å². The van der Waals surface area contributed by atoms with E-state index in [4.69, 9.17) is 4.74 Å². The van der Waals surface area contributed by atoms with Gasteiger partial charge in [-0.3, -0.25) is 9.10 Å². The molecule has 1 aromatic carbocycles. The summed E-state index contributed by atoms with van der Waals surface area (Å²) in [7, 11) is -1.81. The maximum absolute atomic E-state index is 11.9. The van der Waals surface area contributed by atoms with Gasteiger partial charge < -0.3 is 10.1 Å². The van der Waals surface area contributed by atoms with Gasteiger partial charge in [-0.1, -0.05) is 13.8 Å². The first-order chi connectivity index (χ1) is 10.6. The van der Waals surface area contributed by atoms with Crippen LogP contribution in [0, 0.1) is 5.92 Å². The number of benzene rings is 1. The van der Waals surface area contributed by atoms with Gasteiger partial charge in [0.25, 0.3) is 5.91 Å². The number of nitrogens with zero attached hydrogens (tertiary/aromatic N) is 1. The van der Waals surface area contributed by atoms with Crippen LogP contribution < -0.4 is 14.4 Å². The molecule has 0 aliphatic heterocycles. The normalized spacial score (nSPS) is 12.8. The van der Waals surface area contributed by atoms with Crippen molar-refractivity contribution in [1.82, 2.24) is 5.32 Å². The number of carbonyl (C=O) groups excluding carboxylic acids is 1. The lowest BCUT2D eigenvalue weighted by atomic mass is 10.1. The standard InChI is InChI=1S/C16H26N2O4S/c1-12(2)10-11-17-16(19)13(3)22-15-8-6-14(7-9-15)18(4)23(5,20)21/h6-9,12-13H,10-11H2,1-5H3,(H,17,19).